The van der Waals surface area contributed by atoms with E-state index >= 15 is 0 Å². The van der Waals surface area contributed by atoms with E-state index in [9.17, 15) is 18.8 Å². The van der Waals surface area contributed by atoms with E-state index in [2.05, 4.69) is 10.3 Å². The van der Waals surface area contributed by atoms with Gasteiger partial charge in [0.1, 0.15) is 11.6 Å². The summed E-state index contributed by atoms with van der Waals surface area (Å²) in [6.07, 6.45) is 0.453. The predicted octanol–water partition coefficient (Wildman–Crippen LogP) is 6.86. The smallest absolute Gasteiger partial charge is 0.290 e. The second-order valence-electron chi connectivity index (χ2n) is 9.21. The molecule has 0 atom stereocenters. The van der Waals surface area contributed by atoms with Crippen LogP contribution in [0.2, 0.25) is 5.02 Å². The Bertz CT molecular complexity index is 1730. The maximum atomic E-state index is 13.5. The van der Waals surface area contributed by atoms with Gasteiger partial charge in [-0.1, -0.05) is 23.7 Å². The van der Waals surface area contributed by atoms with Gasteiger partial charge in [0, 0.05) is 17.4 Å². The third kappa shape index (κ3) is 5.76. The Kier molecular flexibility index (Phi) is 7.95. The number of aromatic amines is 1. The van der Waals surface area contributed by atoms with Gasteiger partial charge in [0.05, 0.1) is 34.4 Å². The lowest BCUT2D eigenvalue weighted by atomic mass is 10.1. The van der Waals surface area contributed by atoms with Gasteiger partial charge in [-0.05, 0) is 90.8 Å². The highest BCUT2D eigenvalue weighted by atomic mass is 35.5. The summed E-state index contributed by atoms with van der Waals surface area (Å²) in [5.41, 5.74) is 3.85. The molecule has 0 bridgehead atoms. The summed E-state index contributed by atoms with van der Waals surface area (Å²) < 4.78 is 25.3. The molecule has 1 fully saturated rings. The number of pyridine rings is 1. The van der Waals surface area contributed by atoms with Crippen molar-refractivity contribution in [1.82, 2.24) is 10.3 Å². The lowest BCUT2D eigenvalue weighted by Gasteiger charge is -2.14. The Hall–Kier alpha value is -4.08. The van der Waals surface area contributed by atoms with E-state index in [0.717, 1.165) is 17.3 Å². The summed E-state index contributed by atoms with van der Waals surface area (Å²) >= 11 is 7.27. The number of halogens is 2. The highest BCUT2D eigenvalue weighted by Crippen LogP contribution is 2.35. The van der Waals surface area contributed by atoms with Crippen molar-refractivity contribution in [3.05, 3.63) is 97.8 Å². The predicted molar refractivity (Wildman–Crippen MR) is 155 cm³/mol. The first-order chi connectivity index (χ1) is 19.2. The van der Waals surface area contributed by atoms with Crippen molar-refractivity contribution in [2.45, 2.75) is 20.3 Å². The van der Waals surface area contributed by atoms with Crippen LogP contribution in [0, 0.1) is 12.7 Å². The Morgan fingerprint density at radius 2 is 1.73 bits per heavy atom. The number of ether oxygens (including phenoxy) is 2. The van der Waals surface area contributed by atoms with E-state index in [4.69, 9.17) is 21.1 Å². The molecule has 0 radical (unpaired) electrons. The number of benzene rings is 3. The van der Waals surface area contributed by atoms with Crippen molar-refractivity contribution in [3.63, 3.8) is 0 Å². The molecule has 0 spiro atoms. The van der Waals surface area contributed by atoms with Crippen LogP contribution in [0.1, 0.15) is 24.5 Å². The lowest BCUT2D eigenvalue weighted by Crippen LogP contribution is -2.18. The number of H-pyrrole nitrogens is 1. The molecule has 1 aliphatic heterocycles. The lowest BCUT2D eigenvalue weighted by molar-refractivity contribution is -0.115. The number of amides is 2. The van der Waals surface area contributed by atoms with E-state index in [1.165, 1.54) is 12.1 Å². The van der Waals surface area contributed by atoms with Gasteiger partial charge in [-0.2, -0.15) is 0 Å². The van der Waals surface area contributed by atoms with E-state index in [0.29, 0.717) is 55.4 Å². The van der Waals surface area contributed by atoms with Crippen molar-refractivity contribution in [2.75, 3.05) is 13.2 Å². The van der Waals surface area contributed by atoms with Crippen molar-refractivity contribution >= 4 is 51.0 Å². The van der Waals surface area contributed by atoms with Gasteiger partial charge in [-0.15, -0.1) is 0 Å². The van der Waals surface area contributed by atoms with Crippen molar-refractivity contribution in [3.8, 4) is 22.8 Å². The second-order valence-corrected chi connectivity index (χ2v) is 10.6. The first kappa shape index (κ1) is 27.5. The molecule has 3 aromatic carbocycles. The number of carbonyl (C=O) groups is 2. The molecule has 2 N–H and O–H groups in total. The Morgan fingerprint density at radius 3 is 2.42 bits per heavy atom. The molecule has 1 aliphatic rings. The first-order valence-electron chi connectivity index (χ1n) is 12.4. The van der Waals surface area contributed by atoms with Gasteiger partial charge >= 0.3 is 0 Å². The summed E-state index contributed by atoms with van der Waals surface area (Å²) in [6.45, 7) is 4.14. The van der Waals surface area contributed by atoms with Crippen molar-refractivity contribution in [1.29, 1.82) is 0 Å². The largest absolute Gasteiger partial charge is 0.492 e. The minimum Gasteiger partial charge on any atom is -0.492 e. The van der Waals surface area contributed by atoms with E-state index in [-0.39, 0.29) is 30.2 Å². The minimum absolute atomic E-state index is 0.154. The third-order valence-corrected chi connectivity index (χ3v) is 7.64. The molecule has 1 saturated heterocycles. The molecule has 10 heteroatoms. The molecular formula is C30H24ClFN2O5S. The molecule has 4 aromatic rings. The van der Waals surface area contributed by atoms with Gasteiger partial charge in [0.15, 0.2) is 5.75 Å². The van der Waals surface area contributed by atoms with Gasteiger partial charge in [0.25, 0.3) is 11.1 Å². The highest BCUT2D eigenvalue weighted by Gasteiger charge is 2.27. The zero-order valence-electron chi connectivity index (χ0n) is 21.6. The molecule has 1 aromatic heterocycles. The molecule has 2 amide bonds. The SMILES string of the molecule is CC(=C1SC(=O)NC1=O)c1ccc(OCCCOc2c(-c3ccc(F)cc3)[nH]c3cc(C)ccc3c2=O)c(Cl)c1. The zero-order valence-corrected chi connectivity index (χ0v) is 23.2. The number of hydrogen-bond donors (Lipinski definition) is 2. The number of carbonyl (C=O) groups excluding carboxylic acids is 2. The number of aromatic nitrogens is 1. The number of rotatable bonds is 8. The van der Waals surface area contributed by atoms with Crippen LogP contribution in [-0.4, -0.2) is 29.3 Å². The van der Waals surface area contributed by atoms with Crippen LogP contribution >= 0.6 is 23.4 Å². The summed E-state index contributed by atoms with van der Waals surface area (Å²) in [4.78, 5) is 40.4. The van der Waals surface area contributed by atoms with Crippen molar-refractivity contribution < 1.29 is 23.5 Å². The maximum absolute atomic E-state index is 13.5. The van der Waals surface area contributed by atoms with E-state index in [1.54, 1.807) is 43.3 Å². The Balaban J connectivity index is 1.28. The molecule has 0 unspecified atom stereocenters. The number of hydrogen-bond acceptors (Lipinski definition) is 6. The van der Waals surface area contributed by atoms with E-state index in [1.807, 2.05) is 19.1 Å². The van der Waals surface area contributed by atoms with Crippen molar-refractivity contribution in [2.24, 2.45) is 0 Å². The molecular weight excluding hydrogens is 555 g/mol. The highest BCUT2D eigenvalue weighted by molar-refractivity contribution is 8.18. The Morgan fingerprint density at radius 1 is 0.975 bits per heavy atom. The fourth-order valence-electron chi connectivity index (χ4n) is 4.30. The average Bonchev–Trinajstić information content (AvgIpc) is 3.27. The van der Waals surface area contributed by atoms with Gasteiger partial charge in [-0.25, -0.2) is 4.39 Å². The van der Waals surface area contributed by atoms with Crippen LogP contribution in [0.25, 0.3) is 27.7 Å². The fraction of sp³-hybridized carbons (Fsp3) is 0.167. The van der Waals surface area contributed by atoms with Gasteiger partial charge in [-0.3, -0.25) is 19.7 Å². The molecule has 204 valence electrons. The van der Waals surface area contributed by atoms with Crippen LogP contribution in [0.4, 0.5) is 9.18 Å². The summed E-state index contributed by atoms with van der Waals surface area (Å²) in [7, 11) is 0. The Labute approximate surface area is 238 Å². The number of imide groups is 1. The molecule has 5 rings (SSSR count). The quantitative estimate of drug-likeness (QED) is 0.175. The number of fused-ring (bicyclic) bond motifs is 1. The minimum atomic E-state index is -0.424. The molecule has 40 heavy (non-hydrogen) atoms. The molecule has 0 aliphatic carbocycles. The number of nitrogens with one attached hydrogen (secondary N) is 2. The topological polar surface area (TPSA) is 97.5 Å². The van der Waals surface area contributed by atoms with Crippen LogP contribution in [0.15, 0.2) is 70.4 Å². The molecule has 7 nitrogen and oxygen atoms in total. The normalized spacial score (nSPS) is 14.4. The van der Waals surface area contributed by atoms with Gasteiger partial charge < -0.3 is 14.5 Å². The van der Waals surface area contributed by atoms with Crippen LogP contribution in [0.5, 0.6) is 11.5 Å². The summed E-state index contributed by atoms with van der Waals surface area (Å²) in [5.74, 6) is -0.194. The summed E-state index contributed by atoms with van der Waals surface area (Å²) in [5, 5.41) is 2.69. The standard InChI is InChI=1S/C30H24ClFN2O5S/c1-16-4-10-21-23(14-16)33-25(18-5-8-20(32)9-6-18)27(26(21)35)39-13-3-12-38-24-11-7-19(15-22(24)31)17(2)28-29(36)34-30(37)40-28/h4-11,14-15H,3,12-13H2,1-2H3,(H,33,35)(H,34,36,37). The monoisotopic (exact) mass is 578 g/mol. The van der Waals surface area contributed by atoms with Gasteiger partial charge in [0.2, 0.25) is 5.43 Å². The number of allylic oxidation sites excluding steroid dienone is 1. The number of aryl methyl sites for hydroxylation is 1. The zero-order chi connectivity index (χ0) is 28.4. The summed E-state index contributed by atoms with van der Waals surface area (Å²) in [6, 6.07) is 16.5. The third-order valence-electron chi connectivity index (χ3n) is 6.36. The maximum Gasteiger partial charge on any atom is 0.290 e. The number of thioether (sulfide) groups is 1. The molecule has 0 saturated carbocycles. The van der Waals surface area contributed by atoms with E-state index < -0.39 is 11.1 Å². The molecule has 2 heterocycles. The van der Waals surface area contributed by atoms with Crippen LogP contribution in [-0.2, 0) is 4.79 Å². The average molecular weight is 579 g/mol. The van der Waals surface area contributed by atoms with Crippen LogP contribution in [0.3, 0.4) is 0 Å². The van der Waals surface area contributed by atoms with Crippen LogP contribution < -0.4 is 20.2 Å². The second kappa shape index (κ2) is 11.6. The fourth-order valence-corrected chi connectivity index (χ4v) is 5.28. The first-order valence-corrected chi connectivity index (χ1v) is 13.6.